The largest absolute Gasteiger partial charge is 0.497 e. The molecule has 0 aliphatic rings. The van der Waals surface area contributed by atoms with Crippen LogP contribution in [0, 0.1) is 0 Å². The van der Waals surface area contributed by atoms with Gasteiger partial charge in [-0.2, -0.15) is 4.98 Å². The Morgan fingerprint density at radius 3 is 2.78 bits per heavy atom. The molecule has 0 bridgehead atoms. The molecule has 0 fully saturated rings. The zero-order valence-corrected chi connectivity index (χ0v) is 12.7. The summed E-state index contributed by atoms with van der Waals surface area (Å²) in [6.07, 6.45) is 0.922. The van der Waals surface area contributed by atoms with E-state index in [1.54, 1.807) is 13.4 Å². The third kappa shape index (κ3) is 3.22. The maximum Gasteiger partial charge on any atom is 0.225 e. The number of hydrogen-bond donors (Lipinski definition) is 4. The monoisotopic (exact) mass is 314 g/mol. The third-order valence-corrected chi connectivity index (χ3v) is 3.41. The quantitative estimate of drug-likeness (QED) is 0.530. The summed E-state index contributed by atoms with van der Waals surface area (Å²) in [5, 5.41) is 12.5. The molecule has 0 radical (unpaired) electrons. The molecule has 8 heteroatoms. The van der Waals surface area contributed by atoms with Gasteiger partial charge < -0.3 is 25.9 Å². The lowest BCUT2D eigenvalue weighted by molar-refractivity contribution is 0.196. The van der Waals surface area contributed by atoms with Gasteiger partial charge in [0.05, 0.1) is 19.5 Å². The molecular formula is C15H18N6O2. The first-order valence-corrected chi connectivity index (χ1v) is 7.19. The summed E-state index contributed by atoms with van der Waals surface area (Å²) in [6.45, 7) is 0.447. The molecule has 120 valence electrons. The maximum absolute atomic E-state index is 9.56. The zero-order chi connectivity index (χ0) is 16.2. The van der Waals surface area contributed by atoms with Gasteiger partial charge in [0.25, 0.3) is 0 Å². The predicted octanol–water partition coefficient (Wildman–Crippen LogP) is 0.760. The Morgan fingerprint density at radius 1 is 1.30 bits per heavy atom. The second-order valence-corrected chi connectivity index (χ2v) is 4.99. The minimum Gasteiger partial charge on any atom is -0.497 e. The summed E-state index contributed by atoms with van der Waals surface area (Å²) in [5.41, 5.74) is 8.30. The Morgan fingerprint density at radius 2 is 2.09 bits per heavy atom. The number of fused-ring (bicyclic) bond motifs is 1. The van der Waals surface area contributed by atoms with Gasteiger partial charge in [0.15, 0.2) is 5.65 Å². The molecular weight excluding hydrogens is 296 g/mol. The molecule has 1 aromatic carbocycles. The fraction of sp³-hybridized carbons (Fsp3) is 0.267. The van der Waals surface area contributed by atoms with E-state index in [1.807, 2.05) is 24.3 Å². The molecule has 0 spiro atoms. The number of nitrogens with two attached hydrogens (primary N) is 1. The second-order valence-electron chi connectivity index (χ2n) is 4.99. The average Bonchev–Trinajstić information content (AvgIpc) is 3.07. The molecule has 8 nitrogen and oxygen atoms in total. The minimum absolute atomic E-state index is 0.171. The van der Waals surface area contributed by atoms with E-state index in [9.17, 15) is 5.11 Å². The predicted molar refractivity (Wildman–Crippen MR) is 87.2 cm³/mol. The highest BCUT2D eigenvalue weighted by atomic mass is 16.5. The van der Waals surface area contributed by atoms with E-state index in [4.69, 9.17) is 10.5 Å². The van der Waals surface area contributed by atoms with Crippen molar-refractivity contribution in [2.75, 3.05) is 25.5 Å². The summed E-state index contributed by atoms with van der Waals surface area (Å²) in [4.78, 5) is 16.1. The Hall–Kier alpha value is -2.71. The molecule has 0 aliphatic heterocycles. The minimum atomic E-state index is -0.652. The number of aromatic amines is 1. The van der Waals surface area contributed by atoms with E-state index in [2.05, 4.69) is 25.3 Å². The van der Waals surface area contributed by atoms with Crippen LogP contribution in [0.3, 0.4) is 0 Å². The Balaban J connectivity index is 1.98. The van der Waals surface area contributed by atoms with Gasteiger partial charge in [0.1, 0.15) is 17.0 Å². The van der Waals surface area contributed by atoms with E-state index < -0.39 is 6.10 Å². The highest BCUT2D eigenvalue weighted by Gasteiger charge is 2.13. The molecule has 3 rings (SSSR count). The number of aromatic nitrogens is 4. The molecule has 0 saturated heterocycles. The van der Waals surface area contributed by atoms with Crippen molar-refractivity contribution in [2.24, 2.45) is 5.73 Å². The van der Waals surface area contributed by atoms with Gasteiger partial charge in [-0.05, 0) is 24.3 Å². The average molecular weight is 314 g/mol. The van der Waals surface area contributed by atoms with Crippen LogP contribution < -0.4 is 15.8 Å². The third-order valence-electron chi connectivity index (χ3n) is 3.41. The smallest absolute Gasteiger partial charge is 0.225 e. The Labute approximate surface area is 132 Å². The number of ether oxygens (including phenoxy) is 1. The normalized spacial score (nSPS) is 12.3. The van der Waals surface area contributed by atoms with Crippen molar-refractivity contribution in [1.82, 2.24) is 19.9 Å². The topological polar surface area (TPSA) is 122 Å². The van der Waals surface area contributed by atoms with Crippen molar-refractivity contribution in [3.05, 3.63) is 30.6 Å². The van der Waals surface area contributed by atoms with Crippen molar-refractivity contribution in [2.45, 2.75) is 6.10 Å². The van der Waals surface area contributed by atoms with Crippen LogP contribution in [0.15, 0.2) is 30.6 Å². The number of H-pyrrole nitrogens is 1. The highest BCUT2D eigenvalue weighted by Crippen LogP contribution is 2.26. The number of hydrogen-bond acceptors (Lipinski definition) is 7. The van der Waals surface area contributed by atoms with Gasteiger partial charge in [-0.1, -0.05) is 0 Å². The molecule has 23 heavy (non-hydrogen) atoms. The molecule has 5 N–H and O–H groups in total. The number of aliphatic hydroxyl groups excluding tert-OH is 1. The summed E-state index contributed by atoms with van der Waals surface area (Å²) >= 11 is 0. The summed E-state index contributed by atoms with van der Waals surface area (Å²) in [5.74, 6) is 1.17. The number of imidazole rings is 1. The van der Waals surface area contributed by atoms with Gasteiger partial charge in [-0.3, -0.25) is 0 Å². The lowest BCUT2D eigenvalue weighted by atomic mass is 10.1. The van der Waals surface area contributed by atoms with Gasteiger partial charge in [-0.25, -0.2) is 9.97 Å². The van der Waals surface area contributed by atoms with Crippen LogP contribution in [0.25, 0.3) is 22.4 Å². The molecule has 0 aliphatic carbocycles. The molecule has 0 saturated carbocycles. The van der Waals surface area contributed by atoms with E-state index in [0.717, 1.165) is 11.3 Å². The standard InChI is InChI=1S/C15H18N6O2/c1-23-11-4-2-9(3-5-11)12-13-14(19-8-18-13)21-15(20-12)17-7-10(22)6-16/h2-5,8,10,22H,6-7,16H2,1H3,(H2,17,18,19,20,21). The van der Waals surface area contributed by atoms with E-state index >= 15 is 0 Å². The molecule has 3 aromatic rings. The number of anilines is 1. The van der Waals surface area contributed by atoms with Crippen LogP contribution in [0.1, 0.15) is 0 Å². The second kappa shape index (κ2) is 6.59. The molecule has 1 atom stereocenters. The van der Waals surface area contributed by atoms with Crippen molar-refractivity contribution in [1.29, 1.82) is 0 Å². The molecule has 0 amide bonds. The van der Waals surface area contributed by atoms with Gasteiger partial charge in [-0.15, -0.1) is 0 Å². The van der Waals surface area contributed by atoms with Crippen LogP contribution in [-0.4, -0.2) is 51.3 Å². The van der Waals surface area contributed by atoms with E-state index in [0.29, 0.717) is 22.8 Å². The van der Waals surface area contributed by atoms with Crippen LogP contribution >= 0.6 is 0 Å². The SMILES string of the molecule is COc1ccc(-c2nc(NCC(O)CN)nc3[nH]cnc23)cc1. The number of benzene rings is 1. The fourth-order valence-corrected chi connectivity index (χ4v) is 2.16. The van der Waals surface area contributed by atoms with Crippen LogP contribution in [0.2, 0.25) is 0 Å². The van der Waals surface area contributed by atoms with Gasteiger partial charge >= 0.3 is 0 Å². The van der Waals surface area contributed by atoms with Crippen LogP contribution in [0.4, 0.5) is 5.95 Å². The molecule has 2 heterocycles. The Bertz CT molecular complexity index is 786. The fourth-order valence-electron chi connectivity index (χ4n) is 2.16. The number of nitrogens with zero attached hydrogens (tertiary/aromatic N) is 3. The summed E-state index contributed by atoms with van der Waals surface area (Å²) in [6, 6.07) is 7.55. The number of methoxy groups -OCH3 is 1. The van der Waals surface area contributed by atoms with Crippen LogP contribution in [0.5, 0.6) is 5.75 Å². The molecule has 2 aromatic heterocycles. The number of nitrogens with one attached hydrogen (secondary N) is 2. The van der Waals surface area contributed by atoms with Gasteiger partial charge in [0, 0.05) is 18.7 Å². The molecule has 1 unspecified atom stereocenters. The summed E-state index contributed by atoms with van der Waals surface area (Å²) in [7, 11) is 1.62. The maximum atomic E-state index is 9.56. The lowest BCUT2D eigenvalue weighted by Crippen LogP contribution is -2.28. The zero-order valence-electron chi connectivity index (χ0n) is 12.7. The van der Waals surface area contributed by atoms with Crippen molar-refractivity contribution < 1.29 is 9.84 Å². The van der Waals surface area contributed by atoms with Crippen molar-refractivity contribution in [3.63, 3.8) is 0 Å². The van der Waals surface area contributed by atoms with Gasteiger partial charge in [0.2, 0.25) is 5.95 Å². The van der Waals surface area contributed by atoms with Crippen molar-refractivity contribution >= 4 is 17.1 Å². The van der Waals surface area contributed by atoms with Crippen LogP contribution in [-0.2, 0) is 0 Å². The van der Waals surface area contributed by atoms with Crippen molar-refractivity contribution in [3.8, 4) is 17.0 Å². The highest BCUT2D eigenvalue weighted by molar-refractivity contribution is 5.88. The first kappa shape index (κ1) is 15.2. The van der Waals surface area contributed by atoms with E-state index in [-0.39, 0.29) is 13.1 Å². The van der Waals surface area contributed by atoms with E-state index in [1.165, 1.54) is 0 Å². The number of rotatable bonds is 6. The number of aliphatic hydroxyl groups is 1. The first-order valence-electron chi connectivity index (χ1n) is 7.19. The summed E-state index contributed by atoms with van der Waals surface area (Å²) < 4.78 is 5.17. The lowest BCUT2D eigenvalue weighted by Gasteiger charge is -2.11. The first-order chi connectivity index (χ1) is 11.2. The Kier molecular flexibility index (Phi) is 4.35.